The predicted octanol–water partition coefficient (Wildman–Crippen LogP) is 3.00. The smallest absolute Gasteiger partial charge is 0.409 e. The van der Waals surface area contributed by atoms with E-state index in [9.17, 15) is 14.4 Å². The average molecular weight is 294 g/mol. The maximum atomic E-state index is 11.7. The van der Waals surface area contributed by atoms with Gasteiger partial charge in [0.15, 0.2) is 0 Å². The van der Waals surface area contributed by atoms with E-state index in [1.54, 1.807) is 60.7 Å². The Morgan fingerprint density at radius 2 is 1.20 bits per heavy atom. The average Bonchev–Trinajstić information content (AvgIpc) is 2.39. The van der Waals surface area contributed by atoms with Gasteiger partial charge >= 0.3 is 13.1 Å². The van der Waals surface area contributed by atoms with Crippen molar-refractivity contribution in [2.75, 3.05) is 0 Å². The minimum Gasteiger partial charge on any atom is -0.443 e. The molecule has 0 atom stereocenters. The molecule has 2 aromatic carbocycles. The molecule has 20 heavy (non-hydrogen) atoms. The Labute approximate surface area is 116 Å². The molecule has 0 radical (unpaired) electrons. The zero-order valence-electron chi connectivity index (χ0n) is 10.8. The molecule has 0 spiro atoms. The van der Waals surface area contributed by atoms with Crippen LogP contribution in [0.25, 0.3) is 0 Å². The number of para-hydroxylation sites is 2. The summed E-state index contributed by atoms with van der Waals surface area (Å²) in [6.07, 6.45) is 0. The van der Waals surface area contributed by atoms with Crippen molar-refractivity contribution in [2.45, 2.75) is 12.5 Å². The molecule has 0 bridgehead atoms. The van der Waals surface area contributed by atoms with Crippen LogP contribution in [-0.4, -0.2) is 15.3 Å². The zero-order valence-corrected chi connectivity index (χ0v) is 11.7. The van der Waals surface area contributed by atoms with Crippen LogP contribution in [0.3, 0.4) is 0 Å². The van der Waals surface area contributed by atoms with Crippen molar-refractivity contribution >= 4 is 7.60 Å². The SMILES string of the molecule is CC(Oc1ccccc1)(Oc1ccccc1)P(=O)(O)O. The van der Waals surface area contributed by atoms with Crippen LogP contribution in [0, 0.1) is 0 Å². The van der Waals surface area contributed by atoms with Crippen LogP contribution in [-0.2, 0) is 4.57 Å². The maximum absolute atomic E-state index is 11.7. The molecule has 0 amide bonds. The van der Waals surface area contributed by atoms with E-state index in [2.05, 4.69) is 0 Å². The Hall–Kier alpha value is -1.81. The molecule has 2 rings (SSSR count). The number of hydrogen-bond donors (Lipinski definition) is 2. The van der Waals surface area contributed by atoms with Crippen molar-refractivity contribution in [2.24, 2.45) is 0 Å². The van der Waals surface area contributed by atoms with Crippen molar-refractivity contribution in [3.05, 3.63) is 60.7 Å². The fourth-order valence-electron chi connectivity index (χ4n) is 1.55. The van der Waals surface area contributed by atoms with Crippen molar-refractivity contribution in [1.82, 2.24) is 0 Å². The number of hydrogen-bond acceptors (Lipinski definition) is 3. The van der Waals surface area contributed by atoms with Gasteiger partial charge in [-0.3, -0.25) is 4.57 Å². The Bertz CT molecular complexity index is 552. The third kappa shape index (κ3) is 3.39. The fourth-order valence-corrected chi connectivity index (χ4v) is 2.00. The summed E-state index contributed by atoms with van der Waals surface area (Å²) in [6.45, 7) is 1.22. The van der Waals surface area contributed by atoms with Gasteiger partial charge in [-0.25, -0.2) is 0 Å². The van der Waals surface area contributed by atoms with E-state index < -0.39 is 13.1 Å². The predicted molar refractivity (Wildman–Crippen MR) is 74.6 cm³/mol. The zero-order chi connectivity index (χ0) is 14.6. The quantitative estimate of drug-likeness (QED) is 0.655. The molecule has 0 fully saturated rings. The van der Waals surface area contributed by atoms with Gasteiger partial charge in [0.1, 0.15) is 11.5 Å². The van der Waals surface area contributed by atoms with Gasteiger partial charge in [-0.05, 0) is 24.3 Å². The summed E-state index contributed by atoms with van der Waals surface area (Å²) < 4.78 is 22.5. The lowest BCUT2D eigenvalue weighted by molar-refractivity contribution is -0.0432. The molecule has 0 aliphatic rings. The van der Waals surface area contributed by atoms with Crippen LogP contribution in [0.2, 0.25) is 0 Å². The summed E-state index contributed by atoms with van der Waals surface area (Å²) in [5.74, 6) is 0.628. The van der Waals surface area contributed by atoms with Crippen LogP contribution < -0.4 is 9.47 Å². The number of benzene rings is 2. The van der Waals surface area contributed by atoms with Crippen LogP contribution in [0.4, 0.5) is 0 Å². The topological polar surface area (TPSA) is 76.0 Å². The Balaban J connectivity index is 2.29. The highest BCUT2D eigenvalue weighted by Gasteiger charge is 2.48. The molecule has 6 heteroatoms. The number of rotatable bonds is 5. The summed E-state index contributed by atoms with van der Waals surface area (Å²) in [5.41, 5.74) is -2.09. The van der Waals surface area contributed by atoms with Crippen LogP contribution in [0.5, 0.6) is 11.5 Å². The standard InChI is InChI=1S/C14H15O5P/c1-14(20(15,16)17,18-12-8-4-2-5-9-12)19-13-10-6-3-7-11-13/h2-11H,1H3,(H2,15,16,17). The van der Waals surface area contributed by atoms with Crippen LogP contribution >= 0.6 is 7.60 Å². The molecule has 0 heterocycles. The molecule has 2 N–H and O–H groups in total. The van der Waals surface area contributed by atoms with Gasteiger partial charge in [-0.2, -0.15) is 0 Å². The van der Waals surface area contributed by atoms with Crippen LogP contribution in [0.1, 0.15) is 6.92 Å². The largest absolute Gasteiger partial charge is 0.443 e. The second-order valence-electron chi connectivity index (χ2n) is 4.27. The van der Waals surface area contributed by atoms with E-state index in [1.807, 2.05) is 0 Å². The van der Waals surface area contributed by atoms with Gasteiger partial charge in [0.05, 0.1) is 0 Å². The lowest BCUT2D eigenvalue weighted by atomic mass is 10.3. The fraction of sp³-hybridized carbons (Fsp3) is 0.143. The summed E-state index contributed by atoms with van der Waals surface area (Å²) >= 11 is 0. The van der Waals surface area contributed by atoms with Gasteiger partial charge in [-0.15, -0.1) is 0 Å². The highest BCUT2D eigenvalue weighted by Crippen LogP contribution is 2.51. The van der Waals surface area contributed by atoms with E-state index in [-0.39, 0.29) is 0 Å². The van der Waals surface area contributed by atoms with E-state index in [4.69, 9.17) is 9.47 Å². The third-order valence-corrected chi connectivity index (χ3v) is 3.87. The van der Waals surface area contributed by atoms with E-state index in [1.165, 1.54) is 6.92 Å². The monoisotopic (exact) mass is 294 g/mol. The minimum absolute atomic E-state index is 0.314. The second-order valence-corrected chi connectivity index (χ2v) is 6.17. The molecule has 0 aliphatic heterocycles. The molecule has 0 aliphatic carbocycles. The molecule has 0 unspecified atom stereocenters. The second kappa shape index (κ2) is 5.67. The van der Waals surface area contributed by atoms with Crippen molar-refractivity contribution in [3.63, 3.8) is 0 Å². The van der Waals surface area contributed by atoms with E-state index in [0.717, 1.165) is 0 Å². The lowest BCUT2D eigenvalue weighted by Crippen LogP contribution is -2.38. The third-order valence-electron chi connectivity index (χ3n) is 2.63. The Morgan fingerprint density at radius 1 is 0.850 bits per heavy atom. The van der Waals surface area contributed by atoms with E-state index in [0.29, 0.717) is 11.5 Å². The minimum atomic E-state index is -4.66. The summed E-state index contributed by atoms with van der Waals surface area (Å²) in [7, 11) is -4.66. The van der Waals surface area contributed by atoms with Crippen LogP contribution in [0.15, 0.2) is 60.7 Å². The molecule has 0 aromatic heterocycles. The van der Waals surface area contributed by atoms with Crippen molar-refractivity contribution < 1.29 is 23.8 Å². The van der Waals surface area contributed by atoms with Gasteiger partial charge in [0.25, 0.3) is 0 Å². The maximum Gasteiger partial charge on any atom is 0.409 e. The summed E-state index contributed by atoms with van der Waals surface area (Å²) in [4.78, 5) is 19.0. The molecule has 106 valence electrons. The highest BCUT2D eigenvalue weighted by atomic mass is 31.2. The molecule has 5 nitrogen and oxygen atoms in total. The Kier molecular flexibility index (Phi) is 4.14. The first kappa shape index (κ1) is 14.6. The highest BCUT2D eigenvalue weighted by molar-refractivity contribution is 7.53. The molecule has 2 aromatic rings. The van der Waals surface area contributed by atoms with Gasteiger partial charge < -0.3 is 19.3 Å². The molecule has 0 saturated heterocycles. The van der Waals surface area contributed by atoms with Gasteiger partial charge in [-0.1, -0.05) is 36.4 Å². The van der Waals surface area contributed by atoms with Gasteiger partial charge in [0, 0.05) is 6.92 Å². The van der Waals surface area contributed by atoms with E-state index >= 15 is 0 Å². The summed E-state index contributed by atoms with van der Waals surface area (Å²) in [6, 6.07) is 16.8. The first-order valence-corrected chi connectivity index (χ1v) is 7.56. The Morgan fingerprint density at radius 3 is 1.50 bits per heavy atom. The summed E-state index contributed by atoms with van der Waals surface area (Å²) in [5, 5.41) is 0. The molecular weight excluding hydrogens is 279 g/mol. The molecule has 0 saturated carbocycles. The first-order valence-electron chi connectivity index (χ1n) is 5.94. The number of ether oxygens (including phenoxy) is 2. The molecular formula is C14H15O5P. The normalized spacial score (nSPS) is 11.9. The lowest BCUT2D eigenvalue weighted by Gasteiger charge is -2.31. The van der Waals surface area contributed by atoms with Gasteiger partial charge in [0.2, 0.25) is 0 Å². The van der Waals surface area contributed by atoms with Crippen molar-refractivity contribution in [1.29, 1.82) is 0 Å². The van der Waals surface area contributed by atoms with Crippen molar-refractivity contribution in [3.8, 4) is 11.5 Å². The first-order chi connectivity index (χ1) is 9.41.